The predicted octanol–water partition coefficient (Wildman–Crippen LogP) is 8.93. The summed E-state index contributed by atoms with van der Waals surface area (Å²) in [6.07, 6.45) is 16.1. The maximum Gasteiger partial charge on any atom is 0.335 e. The molecular weight excluding hydrogens is 396 g/mol. The SMILES string of the molecule is CCCCCCCCCCCCCCc1c(C(=O)O)cc(C(C)(C)C)c(O)c1C(C)(C)C. The third-order valence-corrected chi connectivity index (χ3v) is 6.48. The van der Waals surface area contributed by atoms with Crippen LogP contribution in [0, 0.1) is 0 Å². The van der Waals surface area contributed by atoms with Crippen molar-refractivity contribution in [3.8, 4) is 5.75 Å². The molecule has 0 radical (unpaired) electrons. The molecule has 0 bridgehead atoms. The number of carboxylic acid groups (broad SMARTS) is 1. The molecule has 1 aromatic carbocycles. The summed E-state index contributed by atoms with van der Waals surface area (Å²) < 4.78 is 0. The van der Waals surface area contributed by atoms with E-state index in [2.05, 4.69) is 27.7 Å². The number of phenolic OH excluding ortho intramolecular Hbond substituents is 1. The fraction of sp³-hybridized carbons (Fsp3) is 0.759. The van der Waals surface area contributed by atoms with Gasteiger partial charge in [0.25, 0.3) is 0 Å². The van der Waals surface area contributed by atoms with E-state index in [0.29, 0.717) is 12.0 Å². The van der Waals surface area contributed by atoms with E-state index in [1.165, 1.54) is 64.2 Å². The Morgan fingerprint density at radius 1 is 0.750 bits per heavy atom. The highest BCUT2D eigenvalue weighted by Crippen LogP contribution is 2.43. The normalized spacial score (nSPS) is 12.3. The van der Waals surface area contributed by atoms with Gasteiger partial charge in [0.15, 0.2) is 0 Å². The number of rotatable bonds is 14. The molecule has 0 amide bonds. The molecule has 0 fully saturated rings. The van der Waals surface area contributed by atoms with Crippen LogP contribution in [0.25, 0.3) is 0 Å². The van der Waals surface area contributed by atoms with E-state index in [1.807, 2.05) is 20.8 Å². The zero-order valence-corrected chi connectivity index (χ0v) is 22.1. The lowest BCUT2D eigenvalue weighted by Gasteiger charge is -2.30. The van der Waals surface area contributed by atoms with Gasteiger partial charge < -0.3 is 10.2 Å². The first-order valence-corrected chi connectivity index (χ1v) is 13.0. The van der Waals surface area contributed by atoms with Gasteiger partial charge in [0.05, 0.1) is 5.56 Å². The molecule has 0 aliphatic carbocycles. The second kappa shape index (κ2) is 13.3. The van der Waals surface area contributed by atoms with Crippen molar-refractivity contribution < 1.29 is 15.0 Å². The minimum atomic E-state index is -0.894. The van der Waals surface area contributed by atoms with Crippen molar-refractivity contribution in [2.45, 2.75) is 143 Å². The summed E-state index contributed by atoms with van der Waals surface area (Å²) in [6.45, 7) is 14.5. The lowest BCUT2D eigenvalue weighted by atomic mass is 9.74. The second-order valence-electron chi connectivity index (χ2n) is 11.6. The first kappa shape index (κ1) is 28.5. The number of hydrogen-bond donors (Lipinski definition) is 2. The van der Waals surface area contributed by atoms with Crippen LogP contribution in [0.4, 0.5) is 0 Å². The van der Waals surface area contributed by atoms with E-state index in [0.717, 1.165) is 29.5 Å². The van der Waals surface area contributed by atoms with Crippen molar-refractivity contribution in [3.63, 3.8) is 0 Å². The number of aromatic hydroxyl groups is 1. The Morgan fingerprint density at radius 3 is 1.56 bits per heavy atom. The molecule has 0 aliphatic rings. The fourth-order valence-corrected chi connectivity index (χ4v) is 4.68. The largest absolute Gasteiger partial charge is 0.507 e. The molecule has 184 valence electrons. The van der Waals surface area contributed by atoms with Crippen molar-refractivity contribution in [3.05, 3.63) is 28.3 Å². The summed E-state index contributed by atoms with van der Waals surface area (Å²) in [6, 6.07) is 1.71. The molecule has 0 aromatic heterocycles. The summed E-state index contributed by atoms with van der Waals surface area (Å²) in [5, 5.41) is 21.1. The standard InChI is InChI=1S/C29H50O3/c1-8-9-10-11-12-13-14-15-16-17-18-19-20-22-23(27(31)32)21-24(28(2,3)4)26(30)25(22)29(5,6)7/h21,30H,8-20H2,1-7H3,(H,31,32). The molecule has 0 spiro atoms. The molecule has 32 heavy (non-hydrogen) atoms. The number of phenols is 1. The van der Waals surface area contributed by atoms with Gasteiger partial charge in [-0.1, -0.05) is 119 Å². The lowest BCUT2D eigenvalue weighted by molar-refractivity contribution is 0.0695. The van der Waals surface area contributed by atoms with Crippen LogP contribution in [-0.2, 0) is 17.3 Å². The Bertz CT molecular complexity index is 705. The molecule has 0 atom stereocenters. The molecule has 0 unspecified atom stereocenters. The lowest BCUT2D eigenvalue weighted by Crippen LogP contribution is -2.22. The number of benzene rings is 1. The van der Waals surface area contributed by atoms with Gasteiger partial charge in [-0.05, 0) is 35.3 Å². The van der Waals surface area contributed by atoms with Crippen LogP contribution >= 0.6 is 0 Å². The smallest absolute Gasteiger partial charge is 0.335 e. The minimum Gasteiger partial charge on any atom is -0.507 e. The van der Waals surface area contributed by atoms with E-state index >= 15 is 0 Å². The Balaban J connectivity index is 2.71. The van der Waals surface area contributed by atoms with E-state index in [4.69, 9.17) is 0 Å². The van der Waals surface area contributed by atoms with Gasteiger partial charge in [-0.3, -0.25) is 0 Å². The summed E-state index contributed by atoms with van der Waals surface area (Å²) in [4.78, 5) is 12.1. The van der Waals surface area contributed by atoms with Crippen LogP contribution in [-0.4, -0.2) is 16.2 Å². The second-order valence-corrected chi connectivity index (χ2v) is 11.6. The number of carboxylic acids is 1. The zero-order chi connectivity index (χ0) is 24.4. The zero-order valence-electron chi connectivity index (χ0n) is 22.1. The third kappa shape index (κ3) is 9.16. The average Bonchev–Trinajstić information content (AvgIpc) is 2.66. The van der Waals surface area contributed by atoms with Crippen LogP contribution < -0.4 is 0 Å². The Morgan fingerprint density at radius 2 is 1.19 bits per heavy atom. The van der Waals surface area contributed by atoms with Crippen molar-refractivity contribution in [1.82, 2.24) is 0 Å². The van der Waals surface area contributed by atoms with Gasteiger partial charge >= 0.3 is 5.97 Å². The van der Waals surface area contributed by atoms with Crippen LogP contribution in [0.15, 0.2) is 6.07 Å². The molecule has 0 heterocycles. The molecule has 0 saturated heterocycles. The maximum absolute atomic E-state index is 12.1. The van der Waals surface area contributed by atoms with Crippen LogP contribution in [0.1, 0.15) is 153 Å². The summed E-state index contributed by atoms with van der Waals surface area (Å²) in [7, 11) is 0. The topological polar surface area (TPSA) is 57.5 Å². The molecule has 1 aromatic rings. The highest BCUT2D eigenvalue weighted by atomic mass is 16.4. The minimum absolute atomic E-state index is 0.281. The molecule has 0 aliphatic heterocycles. The molecule has 0 saturated carbocycles. The average molecular weight is 447 g/mol. The van der Waals surface area contributed by atoms with Crippen molar-refractivity contribution in [2.75, 3.05) is 0 Å². The summed E-state index contributed by atoms with van der Waals surface area (Å²) in [5.74, 6) is -0.612. The van der Waals surface area contributed by atoms with Gasteiger partial charge in [-0.25, -0.2) is 4.79 Å². The Hall–Kier alpha value is -1.51. The Labute approximate surface area is 198 Å². The monoisotopic (exact) mass is 446 g/mol. The molecule has 2 N–H and O–H groups in total. The number of aromatic carboxylic acids is 1. The van der Waals surface area contributed by atoms with Gasteiger partial charge in [-0.15, -0.1) is 0 Å². The fourth-order valence-electron chi connectivity index (χ4n) is 4.68. The van der Waals surface area contributed by atoms with E-state index in [-0.39, 0.29) is 16.6 Å². The van der Waals surface area contributed by atoms with Crippen molar-refractivity contribution in [1.29, 1.82) is 0 Å². The number of carbonyl (C=O) groups is 1. The molecular formula is C29H50O3. The van der Waals surface area contributed by atoms with Crippen molar-refractivity contribution in [2.24, 2.45) is 0 Å². The van der Waals surface area contributed by atoms with Crippen LogP contribution in [0.2, 0.25) is 0 Å². The van der Waals surface area contributed by atoms with E-state index < -0.39 is 5.97 Å². The van der Waals surface area contributed by atoms with E-state index in [9.17, 15) is 15.0 Å². The number of hydrogen-bond acceptors (Lipinski definition) is 2. The number of unbranched alkanes of at least 4 members (excludes halogenated alkanes) is 11. The predicted molar refractivity (Wildman–Crippen MR) is 137 cm³/mol. The summed E-state index contributed by atoms with van der Waals surface area (Å²) >= 11 is 0. The Kier molecular flexibility index (Phi) is 11.8. The first-order valence-electron chi connectivity index (χ1n) is 13.0. The first-order chi connectivity index (χ1) is 14.9. The maximum atomic E-state index is 12.1. The molecule has 3 nitrogen and oxygen atoms in total. The van der Waals surface area contributed by atoms with Crippen molar-refractivity contribution >= 4 is 5.97 Å². The highest BCUT2D eigenvalue weighted by Gasteiger charge is 2.31. The molecule has 1 rings (SSSR count). The van der Waals surface area contributed by atoms with Gasteiger partial charge in [0, 0.05) is 11.1 Å². The van der Waals surface area contributed by atoms with Crippen LogP contribution in [0.5, 0.6) is 5.75 Å². The van der Waals surface area contributed by atoms with E-state index in [1.54, 1.807) is 6.07 Å². The quantitative estimate of drug-likeness (QED) is 0.280. The van der Waals surface area contributed by atoms with Crippen LogP contribution in [0.3, 0.4) is 0 Å². The summed E-state index contributed by atoms with van der Waals surface area (Å²) in [5.41, 5.74) is 2.08. The highest BCUT2D eigenvalue weighted by molar-refractivity contribution is 5.91. The third-order valence-electron chi connectivity index (χ3n) is 6.48. The molecule has 3 heteroatoms. The van der Waals surface area contributed by atoms with Gasteiger partial charge in [-0.2, -0.15) is 0 Å². The van der Waals surface area contributed by atoms with Gasteiger partial charge in [0.1, 0.15) is 5.75 Å². The van der Waals surface area contributed by atoms with Gasteiger partial charge in [0.2, 0.25) is 0 Å².